The van der Waals surface area contributed by atoms with Crippen LogP contribution in [0.4, 0.5) is 15.8 Å². The lowest BCUT2D eigenvalue weighted by Crippen LogP contribution is -2.46. The fourth-order valence-corrected chi connectivity index (χ4v) is 3.49. The van der Waals surface area contributed by atoms with Gasteiger partial charge >= 0.3 is 5.97 Å². The molecule has 1 fully saturated rings. The number of piperazine rings is 1. The SMILES string of the molecule is O=C(O)CC(NC(=O)c1cnc2c([N+](=O)[O-])cccc2c1N1CCNCC1)C(=O)CF. The average Bonchev–Trinajstić information content (AvgIpc) is 2.76. The Morgan fingerprint density at radius 2 is 2.03 bits per heavy atom. The maximum absolute atomic E-state index is 13.0. The van der Waals surface area contributed by atoms with Gasteiger partial charge in [0, 0.05) is 43.8 Å². The number of Topliss-reactive ketones (excluding diaryl/α,β-unsaturated/α-hetero) is 1. The highest BCUT2D eigenvalue weighted by Crippen LogP contribution is 2.34. The van der Waals surface area contributed by atoms with Crippen LogP contribution in [0.5, 0.6) is 0 Å². The first-order valence-electron chi connectivity index (χ1n) is 9.46. The number of hydrogen-bond acceptors (Lipinski definition) is 8. The fraction of sp³-hybridized carbons (Fsp3) is 0.368. The van der Waals surface area contributed by atoms with E-state index in [1.807, 2.05) is 4.90 Å². The lowest BCUT2D eigenvalue weighted by Gasteiger charge is -2.32. The number of aliphatic carboxylic acids is 1. The van der Waals surface area contributed by atoms with Crippen molar-refractivity contribution in [3.05, 3.63) is 40.1 Å². The maximum Gasteiger partial charge on any atom is 0.305 e. The number of rotatable bonds is 8. The summed E-state index contributed by atoms with van der Waals surface area (Å²) >= 11 is 0. The molecule has 0 radical (unpaired) electrons. The van der Waals surface area contributed by atoms with Gasteiger partial charge in [-0.1, -0.05) is 12.1 Å². The number of nitro groups is 1. The second-order valence-electron chi connectivity index (χ2n) is 6.91. The summed E-state index contributed by atoms with van der Waals surface area (Å²) in [6.07, 6.45) is 0.379. The second kappa shape index (κ2) is 9.43. The van der Waals surface area contributed by atoms with Gasteiger partial charge in [0.2, 0.25) is 0 Å². The minimum absolute atomic E-state index is 0.0111. The number of aromatic nitrogens is 1. The predicted molar refractivity (Wildman–Crippen MR) is 108 cm³/mol. The number of carboxylic acid groups (broad SMARTS) is 1. The zero-order chi connectivity index (χ0) is 22.5. The van der Waals surface area contributed by atoms with Gasteiger partial charge in [0.25, 0.3) is 11.6 Å². The van der Waals surface area contributed by atoms with E-state index in [1.54, 1.807) is 6.07 Å². The van der Waals surface area contributed by atoms with Crippen molar-refractivity contribution in [1.29, 1.82) is 0 Å². The largest absolute Gasteiger partial charge is 0.481 e. The van der Waals surface area contributed by atoms with Gasteiger partial charge in [-0.3, -0.25) is 24.5 Å². The molecule has 3 rings (SSSR count). The Kier molecular flexibility index (Phi) is 6.70. The first kappa shape index (κ1) is 22.0. The third-order valence-corrected chi connectivity index (χ3v) is 4.93. The Morgan fingerprint density at radius 1 is 1.32 bits per heavy atom. The number of non-ortho nitro benzene ring substituents is 1. The molecule has 1 unspecified atom stereocenters. The quantitative estimate of drug-likeness (QED) is 0.402. The minimum Gasteiger partial charge on any atom is -0.481 e. The zero-order valence-electron chi connectivity index (χ0n) is 16.3. The highest BCUT2D eigenvalue weighted by atomic mass is 19.1. The molecule has 1 aromatic heterocycles. The third-order valence-electron chi connectivity index (χ3n) is 4.93. The Hall–Kier alpha value is -3.67. The van der Waals surface area contributed by atoms with Gasteiger partial charge in [-0.05, 0) is 0 Å². The van der Waals surface area contributed by atoms with Crippen LogP contribution in [0.1, 0.15) is 16.8 Å². The van der Waals surface area contributed by atoms with Crippen molar-refractivity contribution in [2.24, 2.45) is 0 Å². The van der Waals surface area contributed by atoms with Gasteiger partial charge in [0.15, 0.2) is 5.78 Å². The first-order valence-corrected chi connectivity index (χ1v) is 9.46. The molecule has 3 N–H and O–H groups in total. The first-order chi connectivity index (χ1) is 14.8. The van der Waals surface area contributed by atoms with Crippen molar-refractivity contribution in [1.82, 2.24) is 15.6 Å². The Balaban J connectivity index is 2.10. The van der Waals surface area contributed by atoms with Crippen LogP contribution in [-0.4, -0.2) is 71.6 Å². The Bertz CT molecular complexity index is 1040. The number of nitrogens with zero attached hydrogens (tertiary/aromatic N) is 3. The summed E-state index contributed by atoms with van der Waals surface area (Å²) in [5.41, 5.74) is 0.267. The van der Waals surface area contributed by atoms with E-state index in [1.165, 1.54) is 12.1 Å². The van der Waals surface area contributed by atoms with Crippen LogP contribution in [0.3, 0.4) is 0 Å². The summed E-state index contributed by atoms with van der Waals surface area (Å²) in [5.74, 6) is -3.26. The monoisotopic (exact) mass is 433 g/mol. The number of para-hydroxylation sites is 1. The summed E-state index contributed by atoms with van der Waals surface area (Å²) in [4.78, 5) is 52.6. The molecule has 11 nitrogen and oxygen atoms in total. The van der Waals surface area contributed by atoms with Crippen molar-refractivity contribution in [3.8, 4) is 0 Å². The van der Waals surface area contributed by atoms with Crippen LogP contribution in [0, 0.1) is 10.1 Å². The average molecular weight is 433 g/mol. The third kappa shape index (κ3) is 4.74. The smallest absolute Gasteiger partial charge is 0.305 e. The number of carbonyl (C=O) groups is 3. The topological polar surface area (TPSA) is 155 Å². The van der Waals surface area contributed by atoms with Gasteiger partial charge < -0.3 is 20.6 Å². The molecule has 1 atom stereocenters. The lowest BCUT2D eigenvalue weighted by atomic mass is 10.0. The molecule has 0 spiro atoms. The van der Waals surface area contributed by atoms with Crippen LogP contribution in [-0.2, 0) is 9.59 Å². The van der Waals surface area contributed by atoms with Crippen molar-refractivity contribution < 1.29 is 28.8 Å². The van der Waals surface area contributed by atoms with Crippen LogP contribution in [0.15, 0.2) is 24.4 Å². The van der Waals surface area contributed by atoms with E-state index in [4.69, 9.17) is 5.11 Å². The molecule has 1 aliphatic rings. The molecule has 1 amide bonds. The van der Waals surface area contributed by atoms with E-state index in [0.29, 0.717) is 37.3 Å². The molecule has 12 heteroatoms. The highest BCUT2D eigenvalue weighted by molar-refractivity contribution is 6.10. The highest BCUT2D eigenvalue weighted by Gasteiger charge is 2.28. The Labute approximate surface area is 175 Å². The van der Waals surface area contributed by atoms with Crippen LogP contribution in [0.25, 0.3) is 10.9 Å². The van der Waals surface area contributed by atoms with Gasteiger partial charge in [-0.25, -0.2) is 9.37 Å². The van der Waals surface area contributed by atoms with E-state index in [2.05, 4.69) is 15.6 Å². The van der Waals surface area contributed by atoms with E-state index < -0.39 is 41.7 Å². The zero-order valence-corrected chi connectivity index (χ0v) is 16.3. The molecule has 2 heterocycles. The van der Waals surface area contributed by atoms with Gasteiger partial charge in [0.05, 0.1) is 22.6 Å². The molecule has 2 aromatic rings. The molecular weight excluding hydrogens is 413 g/mol. The number of alkyl halides is 1. The predicted octanol–water partition coefficient (Wildman–Crippen LogP) is 0.664. The summed E-state index contributed by atoms with van der Waals surface area (Å²) in [6.45, 7) is 0.808. The van der Waals surface area contributed by atoms with E-state index >= 15 is 0 Å². The van der Waals surface area contributed by atoms with Gasteiger partial charge in [-0.15, -0.1) is 0 Å². The number of amides is 1. The molecule has 0 bridgehead atoms. The van der Waals surface area contributed by atoms with E-state index in [0.717, 1.165) is 6.20 Å². The number of anilines is 1. The minimum atomic E-state index is -1.55. The van der Waals surface area contributed by atoms with E-state index in [9.17, 15) is 28.9 Å². The molecule has 31 heavy (non-hydrogen) atoms. The van der Waals surface area contributed by atoms with Gasteiger partial charge in [-0.2, -0.15) is 0 Å². The molecule has 1 aromatic carbocycles. The summed E-state index contributed by atoms with van der Waals surface area (Å²) in [6, 6.07) is 2.84. The normalized spacial score (nSPS) is 14.8. The second-order valence-corrected chi connectivity index (χ2v) is 6.91. The fourth-order valence-electron chi connectivity index (χ4n) is 3.49. The van der Waals surface area contributed by atoms with E-state index in [-0.39, 0.29) is 16.8 Å². The molecule has 164 valence electrons. The lowest BCUT2D eigenvalue weighted by molar-refractivity contribution is -0.383. The van der Waals surface area contributed by atoms with Crippen molar-refractivity contribution in [2.75, 3.05) is 37.8 Å². The molecule has 1 saturated heterocycles. The summed E-state index contributed by atoms with van der Waals surface area (Å²) in [7, 11) is 0. The number of nitrogens with one attached hydrogen (secondary N) is 2. The number of ketones is 1. The number of halogens is 1. The molecule has 0 aliphatic carbocycles. The van der Waals surface area contributed by atoms with Crippen molar-refractivity contribution in [2.45, 2.75) is 12.5 Å². The number of carbonyl (C=O) groups excluding carboxylic acids is 2. The van der Waals surface area contributed by atoms with Crippen molar-refractivity contribution in [3.63, 3.8) is 0 Å². The summed E-state index contributed by atoms with van der Waals surface area (Å²) in [5, 5.41) is 26.2. The number of nitro benzene ring substituents is 1. The van der Waals surface area contributed by atoms with Gasteiger partial charge in [0.1, 0.15) is 18.2 Å². The molecule has 0 saturated carbocycles. The number of fused-ring (bicyclic) bond motifs is 1. The van der Waals surface area contributed by atoms with Crippen LogP contribution in [0.2, 0.25) is 0 Å². The van der Waals surface area contributed by atoms with Crippen LogP contribution >= 0.6 is 0 Å². The Morgan fingerprint density at radius 3 is 2.65 bits per heavy atom. The number of benzene rings is 1. The number of carboxylic acids is 1. The maximum atomic E-state index is 13.0. The standard InChI is InChI=1S/C19H20FN5O6/c20-9-15(26)13(8-16(27)28)23-19(29)12-10-22-17-11(2-1-3-14(17)25(30)31)18(12)24-6-4-21-5-7-24/h1-3,10,13,21H,4-9H2,(H,23,29)(H,27,28). The number of hydrogen-bond donors (Lipinski definition) is 3. The molecule has 1 aliphatic heterocycles. The number of pyridine rings is 1. The van der Waals surface area contributed by atoms with Crippen molar-refractivity contribution >= 4 is 39.9 Å². The summed E-state index contributed by atoms with van der Waals surface area (Å²) < 4.78 is 12.9. The molecular formula is C19H20FN5O6. The van der Waals surface area contributed by atoms with Crippen LogP contribution < -0.4 is 15.5 Å².